The molecule has 0 unspecified atom stereocenters. The second-order valence-electron chi connectivity index (χ2n) is 5.72. The number of methoxy groups -OCH3 is 1. The molecule has 0 radical (unpaired) electrons. The first-order chi connectivity index (χ1) is 9.76. The van der Waals surface area contributed by atoms with E-state index >= 15 is 0 Å². The number of piperazine rings is 1. The molecule has 0 spiro atoms. The molecule has 0 aromatic heterocycles. The van der Waals surface area contributed by atoms with Gasteiger partial charge in [0.2, 0.25) is 5.91 Å². The van der Waals surface area contributed by atoms with Gasteiger partial charge in [-0.1, -0.05) is 12.1 Å². The van der Waals surface area contributed by atoms with Crippen molar-refractivity contribution in [1.29, 1.82) is 0 Å². The fourth-order valence-corrected chi connectivity index (χ4v) is 2.70. The van der Waals surface area contributed by atoms with Gasteiger partial charge in [0.1, 0.15) is 5.75 Å². The monoisotopic (exact) mass is 274 g/mol. The van der Waals surface area contributed by atoms with Crippen molar-refractivity contribution >= 4 is 5.91 Å². The van der Waals surface area contributed by atoms with Gasteiger partial charge in [-0.25, -0.2) is 0 Å². The molecular weight excluding hydrogens is 252 g/mol. The van der Waals surface area contributed by atoms with Crippen LogP contribution in [0.25, 0.3) is 0 Å². The van der Waals surface area contributed by atoms with Crippen LogP contribution in [0, 0.1) is 5.92 Å². The van der Waals surface area contributed by atoms with Gasteiger partial charge in [0, 0.05) is 38.6 Å². The van der Waals surface area contributed by atoms with Crippen LogP contribution in [-0.4, -0.2) is 49.0 Å². The van der Waals surface area contributed by atoms with Crippen molar-refractivity contribution in [1.82, 2.24) is 9.80 Å². The summed E-state index contributed by atoms with van der Waals surface area (Å²) in [6.45, 7) is 4.67. The van der Waals surface area contributed by atoms with Crippen molar-refractivity contribution in [2.75, 3.05) is 33.3 Å². The van der Waals surface area contributed by atoms with Gasteiger partial charge in [-0.3, -0.25) is 9.69 Å². The van der Waals surface area contributed by atoms with Crippen LogP contribution in [0.15, 0.2) is 24.3 Å². The second kappa shape index (κ2) is 5.83. The highest BCUT2D eigenvalue weighted by Gasteiger charge is 2.34. The van der Waals surface area contributed by atoms with Crippen LogP contribution in [-0.2, 0) is 11.3 Å². The lowest BCUT2D eigenvalue weighted by Crippen LogP contribution is -2.48. The number of ether oxygens (including phenoxy) is 1. The topological polar surface area (TPSA) is 32.8 Å². The fourth-order valence-electron chi connectivity index (χ4n) is 2.70. The molecule has 2 fully saturated rings. The van der Waals surface area contributed by atoms with E-state index in [0.717, 1.165) is 51.3 Å². The molecule has 0 bridgehead atoms. The molecule has 1 saturated carbocycles. The van der Waals surface area contributed by atoms with Crippen molar-refractivity contribution < 1.29 is 9.53 Å². The molecular formula is C16H22N2O2. The molecule has 4 nitrogen and oxygen atoms in total. The lowest BCUT2D eigenvalue weighted by molar-refractivity contribution is -0.134. The van der Waals surface area contributed by atoms with E-state index in [1.165, 1.54) is 5.56 Å². The Balaban J connectivity index is 1.48. The third-order valence-corrected chi connectivity index (χ3v) is 4.18. The number of rotatable bonds is 4. The predicted octanol–water partition coefficient (Wildman–Crippen LogP) is 1.75. The van der Waals surface area contributed by atoms with Crippen LogP contribution >= 0.6 is 0 Å². The third-order valence-electron chi connectivity index (χ3n) is 4.18. The van der Waals surface area contributed by atoms with Gasteiger partial charge in [0.15, 0.2) is 0 Å². The highest BCUT2D eigenvalue weighted by Crippen LogP contribution is 2.31. The summed E-state index contributed by atoms with van der Waals surface area (Å²) < 4.78 is 5.17. The molecule has 2 aliphatic rings. The Morgan fingerprint density at radius 2 is 1.80 bits per heavy atom. The van der Waals surface area contributed by atoms with Crippen molar-refractivity contribution in [2.24, 2.45) is 5.92 Å². The van der Waals surface area contributed by atoms with Gasteiger partial charge < -0.3 is 9.64 Å². The second-order valence-corrected chi connectivity index (χ2v) is 5.72. The maximum Gasteiger partial charge on any atom is 0.225 e. The molecule has 1 aliphatic heterocycles. The molecule has 108 valence electrons. The molecule has 1 aliphatic carbocycles. The summed E-state index contributed by atoms with van der Waals surface area (Å²) in [6.07, 6.45) is 2.20. The quantitative estimate of drug-likeness (QED) is 0.838. The molecule has 1 aromatic carbocycles. The molecule has 1 amide bonds. The Kier molecular flexibility index (Phi) is 3.92. The number of amides is 1. The highest BCUT2D eigenvalue weighted by atomic mass is 16.5. The minimum Gasteiger partial charge on any atom is -0.497 e. The van der Waals surface area contributed by atoms with Crippen LogP contribution in [0.4, 0.5) is 0 Å². The van der Waals surface area contributed by atoms with Crippen molar-refractivity contribution in [3.63, 3.8) is 0 Å². The maximum atomic E-state index is 12.0. The maximum absolute atomic E-state index is 12.0. The number of nitrogens with zero attached hydrogens (tertiary/aromatic N) is 2. The van der Waals surface area contributed by atoms with Gasteiger partial charge in [-0.2, -0.15) is 0 Å². The number of benzene rings is 1. The Morgan fingerprint density at radius 3 is 2.35 bits per heavy atom. The molecule has 20 heavy (non-hydrogen) atoms. The van der Waals surface area contributed by atoms with Crippen molar-refractivity contribution in [3.8, 4) is 5.75 Å². The minimum absolute atomic E-state index is 0.350. The smallest absolute Gasteiger partial charge is 0.225 e. The normalized spacial score (nSPS) is 19.9. The van der Waals surface area contributed by atoms with E-state index in [1.54, 1.807) is 7.11 Å². The van der Waals surface area contributed by atoms with E-state index in [4.69, 9.17) is 4.74 Å². The average Bonchev–Trinajstić information content (AvgIpc) is 3.33. The molecule has 1 heterocycles. The van der Waals surface area contributed by atoms with E-state index in [1.807, 2.05) is 17.0 Å². The lowest BCUT2D eigenvalue weighted by atomic mass is 10.2. The number of hydrogen-bond acceptors (Lipinski definition) is 3. The van der Waals surface area contributed by atoms with E-state index in [0.29, 0.717) is 11.8 Å². The molecule has 3 rings (SSSR count). The molecule has 4 heteroatoms. The first-order valence-corrected chi connectivity index (χ1v) is 7.40. The lowest BCUT2D eigenvalue weighted by Gasteiger charge is -2.34. The van der Waals surface area contributed by atoms with Gasteiger partial charge in [0.05, 0.1) is 7.11 Å². The summed E-state index contributed by atoms with van der Waals surface area (Å²) >= 11 is 0. The van der Waals surface area contributed by atoms with Crippen LogP contribution in [0.1, 0.15) is 18.4 Å². The summed E-state index contributed by atoms with van der Waals surface area (Å²) in [7, 11) is 1.69. The van der Waals surface area contributed by atoms with Gasteiger partial charge in [0.25, 0.3) is 0 Å². The third kappa shape index (κ3) is 3.12. The van der Waals surface area contributed by atoms with Gasteiger partial charge in [-0.15, -0.1) is 0 Å². The van der Waals surface area contributed by atoms with E-state index in [9.17, 15) is 4.79 Å². The molecule has 0 N–H and O–H groups in total. The SMILES string of the molecule is COc1ccc(CN2CCN(C(=O)C3CC3)CC2)cc1. The summed E-state index contributed by atoms with van der Waals surface area (Å²) in [5, 5.41) is 0. The Bertz CT molecular complexity index is 460. The number of carbonyl (C=O) groups excluding carboxylic acids is 1. The standard InChI is InChI=1S/C16H22N2O2/c1-20-15-6-2-13(3-7-15)12-17-8-10-18(11-9-17)16(19)14-4-5-14/h2-3,6-7,14H,4-5,8-12H2,1H3. The zero-order valence-corrected chi connectivity index (χ0v) is 12.0. The Morgan fingerprint density at radius 1 is 1.15 bits per heavy atom. The van der Waals surface area contributed by atoms with Crippen molar-refractivity contribution in [3.05, 3.63) is 29.8 Å². The number of carbonyl (C=O) groups is 1. The molecule has 0 atom stereocenters. The predicted molar refractivity (Wildman–Crippen MR) is 77.6 cm³/mol. The summed E-state index contributed by atoms with van der Waals surface area (Å²) in [6, 6.07) is 8.23. The van der Waals surface area contributed by atoms with Gasteiger partial charge >= 0.3 is 0 Å². The van der Waals surface area contributed by atoms with Crippen molar-refractivity contribution in [2.45, 2.75) is 19.4 Å². The van der Waals surface area contributed by atoms with Gasteiger partial charge in [-0.05, 0) is 30.5 Å². The van der Waals surface area contributed by atoms with Crippen LogP contribution in [0.2, 0.25) is 0 Å². The summed E-state index contributed by atoms with van der Waals surface area (Å²) in [4.78, 5) is 16.4. The Labute approximate surface area is 120 Å². The largest absolute Gasteiger partial charge is 0.497 e. The van der Waals surface area contributed by atoms with Crippen LogP contribution in [0.3, 0.4) is 0 Å². The van der Waals surface area contributed by atoms with E-state index < -0.39 is 0 Å². The van der Waals surface area contributed by atoms with E-state index in [-0.39, 0.29) is 0 Å². The summed E-state index contributed by atoms with van der Waals surface area (Å²) in [5.41, 5.74) is 1.30. The average molecular weight is 274 g/mol. The minimum atomic E-state index is 0.350. The molecule has 1 saturated heterocycles. The summed E-state index contributed by atoms with van der Waals surface area (Å²) in [5.74, 6) is 1.63. The fraction of sp³-hybridized carbons (Fsp3) is 0.562. The Hall–Kier alpha value is -1.55. The van der Waals surface area contributed by atoms with Crippen LogP contribution < -0.4 is 4.74 Å². The highest BCUT2D eigenvalue weighted by molar-refractivity contribution is 5.81. The van der Waals surface area contributed by atoms with E-state index in [2.05, 4.69) is 17.0 Å². The first-order valence-electron chi connectivity index (χ1n) is 7.40. The zero-order chi connectivity index (χ0) is 13.9. The van der Waals surface area contributed by atoms with Crippen LogP contribution in [0.5, 0.6) is 5.75 Å². The zero-order valence-electron chi connectivity index (χ0n) is 12.0. The molecule has 1 aromatic rings. The first kappa shape index (κ1) is 13.4. The number of hydrogen-bond donors (Lipinski definition) is 0.